The quantitative estimate of drug-likeness (QED) is 0.778. The number of hydrogen-bond donors (Lipinski definition) is 1. The lowest BCUT2D eigenvalue weighted by molar-refractivity contribution is 0.0947. The molecule has 1 atom stereocenters. The fourth-order valence-corrected chi connectivity index (χ4v) is 2.52. The van der Waals surface area contributed by atoms with Gasteiger partial charge in [0.15, 0.2) is 0 Å². The van der Waals surface area contributed by atoms with Crippen molar-refractivity contribution in [3.05, 3.63) is 29.3 Å². The van der Waals surface area contributed by atoms with Gasteiger partial charge in [-0.2, -0.15) is 0 Å². The molecule has 0 aliphatic rings. The highest BCUT2D eigenvalue weighted by molar-refractivity contribution is 8.13. The molecule has 0 aliphatic heterocycles. The monoisotopic (exact) mass is 333 g/mol. The largest absolute Gasteiger partial charge is 0.380 e. The number of methoxy groups -OCH3 is 1. The van der Waals surface area contributed by atoms with E-state index in [0.29, 0.717) is 18.0 Å². The fraction of sp³-hybridized carbons (Fsp3) is 0.500. The molecule has 5 nitrogen and oxygen atoms in total. The van der Waals surface area contributed by atoms with Gasteiger partial charge in [0.05, 0.1) is 11.5 Å². The molecule has 118 valence electrons. The first-order valence-electron chi connectivity index (χ1n) is 6.63. The van der Waals surface area contributed by atoms with Crippen molar-refractivity contribution in [3.8, 4) is 0 Å². The van der Waals surface area contributed by atoms with E-state index in [0.717, 1.165) is 6.42 Å². The molecule has 1 amide bonds. The van der Waals surface area contributed by atoms with Crippen LogP contribution in [0.2, 0.25) is 0 Å². The Bertz CT molecular complexity index is 601. The molecule has 21 heavy (non-hydrogen) atoms. The Balaban J connectivity index is 3.05. The highest BCUT2D eigenvalue weighted by Gasteiger charge is 2.16. The maximum Gasteiger partial charge on any atom is 0.261 e. The highest BCUT2D eigenvalue weighted by atomic mass is 35.7. The van der Waals surface area contributed by atoms with E-state index in [1.165, 1.54) is 19.2 Å². The van der Waals surface area contributed by atoms with Gasteiger partial charge in [-0.15, -0.1) is 0 Å². The average Bonchev–Trinajstić information content (AvgIpc) is 2.43. The van der Waals surface area contributed by atoms with Crippen LogP contribution in [0.1, 0.15) is 36.2 Å². The molecule has 1 N–H and O–H groups in total. The van der Waals surface area contributed by atoms with Crippen molar-refractivity contribution in [2.45, 2.75) is 31.8 Å². The van der Waals surface area contributed by atoms with Crippen molar-refractivity contribution in [1.29, 1.82) is 0 Å². The summed E-state index contributed by atoms with van der Waals surface area (Å²) in [7, 11) is 2.95. The van der Waals surface area contributed by atoms with Gasteiger partial charge in [0.25, 0.3) is 15.0 Å². The maximum absolute atomic E-state index is 12.1. The number of hydrogen-bond acceptors (Lipinski definition) is 4. The van der Waals surface area contributed by atoms with E-state index < -0.39 is 9.05 Å². The first-order valence-corrected chi connectivity index (χ1v) is 8.94. The number of ether oxygens (including phenoxy) is 1. The number of nitrogens with one attached hydrogen (secondary N) is 1. The number of halogens is 1. The van der Waals surface area contributed by atoms with Gasteiger partial charge in [0.2, 0.25) is 0 Å². The van der Waals surface area contributed by atoms with Gasteiger partial charge in [-0.1, -0.05) is 20.3 Å². The van der Waals surface area contributed by atoms with E-state index in [1.807, 2.05) is 13.8 Å². The summed E-state index contributed by atoms with van der Waals surface area (Å²) in [5.41, 5.74) is 0.833. The summed E-state index contributed by atoms with van der Waals surface area (Å²) in [5, 5.41) is 2.78. The minimum atomic E-state index is -3.90. The second kappa shape index (κ2) is 7.77. The first kappa shape index (κ1) is 17.9. The zero-order valence-corrected chi connectivity index (χ0v) is 13.9. The van der Waals surface area contributed by atoms with E-state index in [4.69, 9.17) is 15.4 Å². The number of benzene rings is 1. The predicted octanol–water partition coefficient (Wildman–Crippen LogP) is 2.54. The van der Waals surface area contributed by atoms with Crippen LogP contribution in [-0.2, 0) is 20.4 Å². The Labute approximate surface area is 130 Å². The Hall–Kier alpha value is -1.11. The van der Waals surface area contributed by atoms with Gasteiger partial charge in [-0.05, 0) is 29.7 Å². The third kappa shape index (κ3) is 5.65. The molecule has 1 unspecified atom stereocenters. The Morgan fingerprint density at radius 1 is 1.38 bits per heavy atom. The average molecular weight is 334 g/mol. The van der Waals surface area contributed by atoms with Crippen LogP contribution in [0.5, 0.6) is 0 Å². The zero-order valence-electron chi connectivity index (χ0n) is 12.3. The minimum absolute atomic E-state index is 0.104. The van der Waals surface area contributed by atoms with Crippen LogP contribution in [0.4, 0.5) is 0 Å². The maximum atomic E-state index is 12.1. The van der Waals surface area contributed by atoms with Crippen LogP contribution in [0.15, 0.2) is 23.1 Å². The van der Waals surface area contributed by atoms with Crippen LogP contribution in [0.25, 0.3) is 0 Å². The fourth-order valence-electron chi connectivity index (χ4n) is 1.70. The molecule has 0 radical (unpaired) electrons. The van der Waals surface area contributed by atoms with Crippen LogP contribution in [0.3, 0.4) is 0 Å². The van der Waals surface area contributed by atoms with Gasteiger partial charge in [0.1, 0.15) is 0 Å². The van der Waals surface area contributed by atoms with Crippen LogP contribution in [0, 0.1) is 5.92 Å². The number of carbonyl (C=O) groups excluding carboxylic acids is 1. The number of rotatable bonds is 7. The predicted molar refractivity (Wildman–Crippen MR) is 82.0 cm³/mol. The molecule has 0 saturated heterocycles. The van der Waals surface area contributed by atoms with Crippen LogP contribution >= 0.6 is 10.7 Å². The highest BCUT2D eigenvalue weighted by Crippen LogP contribution is 2.20. The summed E-state index contributed by atoms with van der Waals surface area (Å²) in [6.07, 6.45) is 0.950. The van der Waals surface area contributed by atoms with Crippen LogP contribution < -0.4 is 5.32 Å². The molecule has 0 fully saturated rings. The molecule has 0 aromatic heterocycles. The summed E-state index contributed by atoms with van der Waals surface area (Å²) < 4.78 is 27.9. The van der Waals surface area contributed by atoms with E-state index >= 15 is 0 Å². The second-order valence-electron chi connectivity index (χ2n) is 4.96. The van der Waals surface area contributed by atoms with Crippen molar-refractivity contribution in [2.24, 2.45) is 5.92 Å². The smallest absolute Gasteiger partial charge is 0.261 e. The second-order valence-corrected chi connectivity index (χ2v) is 7.53. The molecule has 0 heterocycles. The summed E-state index contributed by atoms with van der Waals surface area (Å²) in [5.74, 6) is 0.0298. The van der Waals surface area contributed by atoms with Gasteiger partial charge >= 0.3 is 0 Å². The Morgan fingerprint density at radius 2 is 2.05 bits per heavy atom. The van der Waals surface area contributed by atoms with Crippen molar-refractivity contribution < 1.29 is 17.9 Å². The topological polar surface area (TPSA) is 72.5 Å². The molecular formula is C14H20ClNO4S. The van der Waals surface area contributed by atoms with Crippen molar-refractivity contribution in [3.63, 3.8) is 0 Å². The normalized spacial score (nSPS) is 13.0. The van der Waals surface area contributed by atoms with E-state index in [-0.39, 0.29) is 23.0 Å². The lowest BCUT2D eigenvalue weighted by Gasteiger charge is -2.11. The third-order valence-electron chi connectivity index (χ3n) is 3.13. The van der Waals surface area contributed by atoms with E-state index in [2.05, 4.69) is 5.32 Å². The summed E-state index contributed by atoms with van der Waals surface area (Å²) in [4.78, 5) is 12.0. The molecule has 0 bridgehead atoms. The van der Waals surface area contributed by atoms with E-state index in [1.54, 1.807) is 6.07 Å². The van der Waals surface area contributed by atoms with Crippen molar-refractivity contribution >= 4 is 25.6 Å². The molecule has 0 aliphatic carbocycles. The molecule has 0 saturated carbocycles. The zero-order chi connectivity index (χ0) is 16.0. The number of amides is 1. The third-order valence-corrected chi connectivity index (χ3v) is 4.46. The summed E-state index contributed by atoms with van der Waals surface area (Å²) >= 11 is 0. The van der Waals surface area contributed by atoms with Crippen molar-refractivity contribution in [1.82, 2.24) is 5.32 Å². The molecule has 1 aromatic carbocycles. The van der Waals surface area contributed by atoms with Gasteiger partial charge in [0, 0.05) is 29.9 Å². The molecule has 1 aromatic rings. The molecule has 0 spiro atoms. The molecule has 7 heteroatoms. The molecular weight excluding hydrogens is 314 g/mol. The van der Waals surface area contributed by atoms with Gasteiger partial charge in [-0.3, -0.25) is 4.79 Å². The van der Waals surface area contributed by atoms with Gasteiger partial charge in [-0.25, -0.2) is 8.42 Å². The SMILES string of the molecule is CCC(C)CNC(=O)c1cc(COC)cc(S(=O)(=O)Cl)c1. The summed E-state index contributed by atoms with van der Waals surface area (Å²) in [6, 6.07) is 4.27. The lowest BCUT2D eigenvalue weighted by Crippen LogP contribution is -2.28. The van der Waals surface area contributed by atoms with Crippen LogP contribution in [-0.4, -0.2) is 28.0 Å². The van der Waals surface area contributed by atoms with E-state index in [9.17, 15) is 13.2 Å². The molecule has 1 rings (SSSR count). The lowest BCUT2D eigenvalue weighted by atomic mass is 10.1. The van der Waals surface area contributed by atoms with Crippen molar-refractivity contribution in [2.75, 3.05) is 13.7 Å². The number of carbonyl (C=O) groups is 1. The Kier molecular flexibility index (Phi) is 6.64. The minimum Gasteiger partial charge on any atom is -0.380 e. The summed E-state index contributed by atoms with van der Waals surface area (Å²) in [6.45, 7) is 4.79. The Morgan fingerprint density at radius 3 is 2.57 bits per heavy atom. The first-order chi connectivity index (χ1) is 9.77. The van der Waals surface area contributed by atoms with Gasteiger partial charge < -0.3 is 10.1 Å². The standard InChI is InChI=1S/C14H20ClNO4S/c1-4-10(2)8-16-14(17)12-5-11(9-20-3)6-13(7-12)21(15,18)19/h5-7,10H,4,8-9H2,1-3H3,(H,16,17).